The molecule has 6 heteroatoms. The highest BCUT2D eigenvalue weighted by Gasteiger charge is 2.14. The van der Waals surface area contributed by atoms with Crippen LogP contribution in [0.25, 0.3) is 0 Å². The first-order valence-corrected chi connectivity index (χ1v) is 3.93. The van der Waals surface area contributed by atoms with Crippen LogP contribution in [0.4, 0.5) is 0 Å². The number of carboxylic acids is 1. The Labute approximate surface area is 65.6 Å². The van der Waals surface area contributed by atoms with Crippen molar-refractivity contribution in [2.45, 2.75) is 13.0 Å². The fraction of sp³-hybridized carbons (Fsp3) is 0.600. The lowest BCUT2D eigenvalue weighted by Crippen LogP contribution is -2.35. The van der Waals surface area contributed by atoms with Crippen LogP contribution in [0.3, 0.4) is 0 Å². The standard InChI is InChI=1S/C5H10NO4P/c1-3(8)11-6-4(2-7)5(9)10/h4,6-7,11H,2H2,1H3,(H,9,10)/t4-/m0/s1. The van der Waals surface area contributed by atoms with Gasteiger partial charge in [0.25, 0.3) is 0 Å². The van der Waals surface area contributed by atoms with Gasteiger partial charge in [-0.2, -0.15) is 0 Å². The number of hydrogen-bond acceptors (Lipinski definition) is 4. The third kappa shape index (κ3) is 4.84. The molecule has 11 heavy (non-hydrogen) atoms. The Morgan fingerprint density at radius 3 is 2.45 bits per heavy atom. The van der Waals surface area contributed by atoms with E-state index in [-0.39, 0.29) is 14.3 Å². The molecule has 0 bridgehead atoms. The van der Waals surface area contributed by atoms with Crippen LogP contribution in [0.15, 0.2) is 0 Å². The van der Waals surface area contributed by atoms with Crippen molar-refractivity contribution in [1.29, 1.82) is 0 Å². The Bertz CT molecular complexity index is 161. The molecule has 0 aromatic carbocycles. The molecular weight excluding hydrogens is 169 g/mol. The highest BCUT2D eigenvalue weighted by Crippen LogP contribution is 2.05. The monoisotopic (exact) mass is 179 g/mol. The molecule has 0 aromatic heterocycles. The molecule has 0 saturated heterocycles. The Hall–Kier alpha value is -0.510. The summed E-state index contributed by atoms with van der Waals surface area (Å²) in [6.45, 7) is 0.845. The summed E-state index contributed by atoms with van der Waals surface area (Å²) in [6, 6.07) is -1.03. The number of aliphatic hydroxyl groups is 1. The Morgan fingerprint density at radius 1 is 1.64 bits per heavy atom. The van der Waals surface area contributed by atoms with Crippen molar-refractivity contribution in [2.75, 3.05) is 6.61 Å². The zero-order valence-electron chi connectivity index (χ0n) is 6.00. The van der Waals surface area contributed by atoms with Gasteiger partial charge in [0.15, 0.2) is 5.52 Å². The first kappa shape index (κ1) is 10.5. The van der Waals surface area contributed by atoms with Gasteiger partial charge in [0.2, 0.25) is 0 Å². The van der Waals surface area contributed by atoms with Crippen molar-refractivity contribution in [1.82, 2.24) is 5.09 Å². The molecule has 1 unspecified atom stereocenters. The van der Waals surface area contributed by atoms with Gasteiger partial charge >= 0.3 is 5.97 Å². The molecule has 64 valence electrons. The number of aliphatic hydroxyl groups excluding tert-OH is 1. The topological polar surface area (TPSA) is 86.6 Å². The summed E-state index contributed by atoms with van der Waals surface area (Å²) in [5.74, 6) is -1.15. The molecule has 0 amide bonds. The number of carbonyl (C=O) groups excluding carboxylic acids is 1. The Kier molecular flexibility index (Phi) is 4.94. The second-order valence-electron chi connectivity index (χ2n) is 1.90. The smallest absolute Gasteiger partial charge is 0.323 e. The summed E-state index contributed by atoms with van der Waals surface area (Å²) in [6.07, 6.45) is 0. The van der Waals surface area contributed by atoms with Crippen LogP contribution in [0.5, 0.6) is 0 Å². The third-order valence-electron chi connectivity index (χ3n) is 0.903. The van der Waals surface area contributed by atoms with Gasteiger partial charge < -0.3 is 10.2 Å². The van der Waals surface area contributed by atoms with Crippen molar-refractivity contribution < 1.29 is 19.8 Å². The summed E-state index contributed by atoms with van der Waals surface area (Å²) in [4.78, 5) is 20.6. The first-order valence-electron chi connectivity index (χ1n) is 2.93. The normalized spacial score (nSPS) is 13.6. The highest BCUT2D eigenvalue weighted by molar-refractivity contribution is 7.55. The van der Waals surface area contributed by atoms with Crippen LogP contribution >= 0.6 is 8.73 Å². The lowest BCUT2D eigenvalue weighted by molar-refractivity contribution is -0.139. The van der Waals surface area contributed by atoms with E-state index in [0.717, 1.165) is 0 Å². The predicted octanol–water partition coefficient (Wildman–Crippen LogP) is -0.839. The van der Waals surface area contributed by atoms with Crippen LogP contribution in [0.2, 0.25) is 0 Å². The number of rotatable bonds is 5. The van der Waals surface area contributed by atoms with Crippen molar-refractivity contribution in [3.05, 3.63) is 0 Å². The maximum atomic E-state index is 10.4. The molecule has 0 aliphatic heterocycles. The van der Waals surface area contributed by atoms with Crippen molar-refractivity contribution >= 4 is 20.2 Å². The third-order valence-corrected chi connectivity index (χ3v) is 1.75. The summed E-state index contributed by atoms with van der Waals surface area (Å²) >= 11 is 0. The lowest BCUT2D eigenvalue weighted by atomic mass is 10.3. The molecule has 3 N–H and O–H groups in total. The van der Waals surface area contributed by atoms with Crippen LogP contribution in [0, 0.1) is 0 Å². The number of aliphatic carboxylic acids is 1. The van der Waals surface area contributed by atoms with Crippen molar-refractivity contribution in [2.24, 2.45) is 0 Å². The molecule has 0 aliphatic rings. The van der Waals surface area contributed by atoms with Gasteiger partial charge in [-0.05, 0) is 6.92 Å². The number of carboxylic acid groups (broad SMARTS) is 1. The molecule has 2 atom stereocenters. The fourth-order valence-corrected chi connectivity index (χ4v) is 0.966. The summed E-state index contributed by atoms with van der Waals surface area (Å²) in [5.41, 5.74) is -0.135. The van der Waals surface area contributed by atoms with Crippen LogP contribution < -0.4 is 5.09 Å². The Morgan fingerprint density at radius 2 is 2.18 bits per heavy atom. The van der Waals surface area contributed by atoms with E-state index in [9.17, 15) is 9.59 Å². The van der Waals surface area contributed by atoms with Gasteiger partial charge in [0.1, 0.15) is 6.04 Å². The number of hydrogen-bond donors (Lipinski definition) is 3. The van der Waals surface area contributed by atoms with E-state index in [1.54, 1.807) is 0 Å². The maximum Gasteiger partial charge on any atom is 0.323 e. The van der Waals surface area contributed by atoms with E-state index in [2.05, 4.69) is 5.09 Å². The van der Waals surface area contributed by atoms with Crippen LogP contribution in [-0.4, -0.2) is 34.4 Å². The van der Waals surface area contributed by atoms with Gasteiger partial charge in [-0.15, -0.1) is 0 Å². The van der Waals surface area contributed by atoms with E-state index in [1.807, 2.05) is 0 Å². The second kappa shape index (κ2) is 5.18. The quantitative estimate of drug-likeness (QED) is 0.479. The minimum absolute atomic E-state index is 0.135. The number of nitrogens with one attached hydrogen (secondary N) is 1. The van der Waals surface area contributed by atoms with Gasteiger partial charge in [-0.25, -0.2) is 0 Å². The molecule has 0 heterocycles. The second-order valence-corrected chi connectivity index (χ2v) is 3.14. The summed E-state index contributed by atoms with van der Waals surface area (Å²) < 4.78 is 0. The van der Waals surface area contributed by atoms with Gasteiger partial charge in [0.05, 0.1) is 6.61 Å². The molecule has 0 rings (SSSR count). The average Bonchev–Trinajstić information content (AvgIpc) is 1.87. The highest BCUT2D eigenvalue weighted by atomic mass is 31.1. The zero-order valence-corrected chi connectivity index (χ0v) is 7.00. The number of carbonyl (C=O) groups is 2. The molecule has 0 saturated carbocycles. The first-order chi connectivity index (χ1) is 5.07. The fourth-order valence-electron chi connectivity index (χ4n) is 0.374. The summed E-state index contributed by atoms with van der Waals surface area (Å²) in [7, 11) is -0.261. The SMILES string of the molecule is CC(=O)PN[C@@H](CO)C(=O)O. The van der Waals surface area contributed by atoms with Crippen molar-refractivity contribution in [3.8, 4) is 0 Å². The minimum Gasteiger partial charge on any atom is -0.480 e. The zero-order chi connectivity index (χ0) is 8.85. The maximum absolute atomic E-state index is 10.4. The van der Waals surface area contributed by atoms with Crippen LogP contribution in [-0.2, 0) is 9.59 Å². The molecule has 0 aromatic rings. The molecule has 5 nitrogen and oxygen atoms in total. The molecule has 0 aliphatic carbocycles. The van der Waals surface area contributed by atoms with E-state index >= 15 is 0 Å². The molecular formula is C5H10NO4P. The molecule has 0 fully saturated rings. The van der Waals surface area contributed by atoms with Gasteiger partial charge in [-0.3, -0.25) is 14.7 Å². The van der Waals surface area contributed by atoms with E-state index in [0.29, 0.717) is 0 Å². The van der Waals surface area contributed by atoms with Gasteiger partial charge in [0, 0.05) is 8.73 Å². The van der Waals surface area contributed by atoms with E-state index < -0.39 is 18.6 Å². The van der Waals surface area contributed by atoms with Gasteiger partial charge in [-0.1, -0.05) is 0 Å². The van der Waals surface area contributed by atoms with Crippen molar-refractivity contribution in [3.63, 3.8) is 0 Å². The predicted molar refractivity (Wildman–Crippen MR) is 40.6 cm³/mol. The minimum atomic E-state index is -1.15. The average molecular weight is 179 g/mol. The van der Waals surface area contributed by atoms with Crippen LogP contribution in [0.1, 0.15) is 6.92 Å². The van der Waals surface area contributed by atoms with E-state index in [4.69, 9.17) is 10.2 Å². The lowest BCUT2D eigenvalue weighted by Gasteiger charge is -2.08. The Balaban J connectivity index is 3.70. The largest absolute Gasteiger partial charge is 0.480 e. The molecule has 0 radical (unpaired) electrons. The molecule has 0 spiro atoms. The van der Waals surface area contributed by atoms with E-state index in [1.165, 1.54) is 6.92 Å². The summed E-state index contributed by atoms with van der Waals surface area (Å²) in [5, 5.41) is 19.2.